The molecule has 1 aromatic rings. The fourth-order valence-electron chi connectivity index (χ4n) is 3.48. The molecule has 1 fully saturated rings. The van der Waals surface area contributed by atoms with Crippen LogP contribution in [0.25, 0.3) is 0 Å². The molecule has 2 aliphatic rings. The molecule has 0 saturated carbocycles. The molecule has 104 valence electrons. The Morgan fingerprint density at radius 1 is 1.32 bits per heavy atom. The van der Waals surface area contributed by atoms with Crippen LogP contribution in [0.5, 0.6) is 0 Å². The summed E-state index contributed by atoms with van der Waals surface area (Å²) in [6.07, 6.45) is 2.64. The Bertz CT molecular complexity index is 446. The maximum absolute atomic E-state index is 5.85. The van der Waals surface area contributed by atoms with Crippen LogP contribution >= 0.6 is 0 Å². The number of hydrogen-bond acceptors (Lipinski definition) is 3. The molecule has 3 heteroatoms. The number of nitrogens with one attached hydrogen (secondary N) is 1. The summed E-state index contributed by atoms with van der Waals surface area (Å²) in [5.74, 6) is 0.579. The molecule has 0 aromatic heterocycles. The summed E-state index contributed by atoms with van der Waals surface area (Å²) in [5, 5.41) is 3.49. The van der Waals surface area contributed by atoms with Crippen molar-refractivity contribution >= 4 is 0 Å². The average Bonchev–Trinajstić information content (AvgIpc) is 3.07. The Hall–Kier alpha value is -0.900. The highest BCUT2D eigenvalue weighted by Gasteiger charge is 2.34. The third-order valence-electron chi connectivity index (χ3n) is 4.51. The van der Waals surface area contributed by atoms with Gasteiger partial charge in [0, 0.05) is 18.6 Å². The van der Waals surface area contributed by atoms with Gasteiger partial charge in [0.1, 0.15) is 0 Å². The second-order valence-electron chi connectivity index (χ2n) is 5.56. The van der Waals surface area contributed by atoms with E-state index in [2.05, 4.69) is 37.5 Å². The van der Waals surface area contributed by atoms with E-state index < -0.39 is 0 Å². The second-order valence-corrected chi connectivity index (χ2v) is 5.56. The standard InChI is InChI=1S/C16H23NO2/c1-3-15-14(6-7-19-15)16(17-2)11-4-5-12-9-18-10-13(12)8-11/h4-5,8,14-17H,3,6-7,9-10H2,1-2H3. The van der Waals surface area contributed by atoms with Gasteiger partial charge in [-0.25, -0.2) is 0 Å². The first-order valence-electron chi connectivity index (χ1n) is 7.31. The number of ether oxygens (including phenoxy) is 2. The van der Waals surface area contributed by atoms with Crippen LogP contribution in [0, 0.1) is 5.92 Å². The number of rotatable bonds is 4. The van der Waals surface area contributed by atoms with Crippen LogP contribution < -0.4 is 5.32 Å². The van der Waals surface area contributed by atoms with Crippen LogP contribution in [0.1, 0.15) is 42.5 Å². The van der Waals surface area contributed by atoms with E-state index in [1.165, 1.54) is 16.7 Å². The molecule has 0 bridgehead atoms. The average molecular weight is 261 g/mol. The highest BCUT2D eigenvalue weighted by Crippen LogP contribution is 2.36. The van der Waals surface area contributed by atoms with E-state index in [1.54, 1.807) is 0 Å². The molecular formula is C16H23NO2. The van der Waals surface area contributed by atoms with E-state index in [0.717, 1.165) is 32.7 Å². The molecule has 1 aromatic carbocycles. The summed E-state index contributed by atoms with van der Waals surface area (Å²) in [4.78, 5) is 0. The predicted molar refractivity (Wildman–Crippen MR) is 74.9 cm³/mol. The van der Waals surface area contributed by atoms with Gasteiger partial charge in [0.25, 0.3) is 0 Å². The molecule has 3 atom stereocenters. The quantitative estimate of drug-likeness (QED) is 0.904. The Kier molecular flexibility index (Phi) is 3.87. The highest BCUT2D eigenvalue weighted by atomic mass is 16.5. The lowest BCUT2D eigenvalue weighted by atomic mass is 9.86. The summed E-state index contributed by atoms with van der Waals surface area (Å²) in [6, 6.07) is 7.17. The van der Waals surface area contributed by atoms with E-state index in [9.17, 15) is 0 Å². The van der Waals surface area contributed by atoms with E-state index in [-0.39, 0.29) is 0 Å². The zero-order valence-corrected chi connectivity index (χ0v) is 11.8. The third kappa shape index (κ3) is 2.42. The molecule has 0 aliphatic carbocycles. The molecule has 3 nitrogen and oxygen atoms in total. The van der Waals surface area contributed by atoms with Gasteiger partial charge in [-0.1, -0.05) is 25.1 Å². The zero-order valence-electron chi connectivity index (χ0n) is 11.8. The van der Waals surface area contributed by atoms with Gasteiger partial charge in [-0.05, 0) is 36.6 Å². The summed E-state index contributed by atoms with van der Waals surface area (Å²) >= 11 is 0. The summed E-state index contributed by atoms with van der Waals surface area (Å²) in [6.45, 7) is 4.64. The SMILES string of the molecule is CCC1OCCC1C(NC)c1ccc2c(c1)COC2. The van der Waals surface area contributed by atoms with Crippen molar-refractivity contribution in [1.82, 2.24) is 5.32 Å². The molecule has 1 N–H and O–H groups in total. The first-order valence-corrected chi connectivity index (χ1v) is 7.31. The van der Waals surface area contributed by atoms with Crippen molar-refractivity contribution < 1.29 is 9.47 Å². The highest BCUT2D eigenvalue weighted by molar-refractivity contribution is 5.35. The Labute approximate surface area is 115 Å². The Morgan fingerprint density at radius 2 is 2.16 bits per heavy atom. The molecule has 2 heterocycles. The number of hydrogen-bond donors (Lipinski definition) is 1. The van der Waals surface area contributed by atoms with Crippen LogP contribution in [-0.4, -0.2) is 19.8 Å². The predicted octanol–water partition coefficient (Wildman–Crippen LogP) is 2.79. The first-order chi connectivity index (χ1) is 9.33. The van der Waals surface area contributed by atoms with Gasteiger partial charge in [-0.15, -0.1) is 0 Å². The summed E-state index contributed by atoms with van der Waals surface area (Å²) < 4.78 is 11.4. The van der Waals surface area contributed by atoms with Gasteiger partial charge in [-0.3, -0.25) is 0 Å². The van der Waals surface area contributed by atoms with Crippen molar-refractivity contribution in [2.45, 2.75) is 45.1 Å². The maximum atomic E-state index is 5.85. The van der Waals surface area contributed by atoms with E-state index >= 15 is 0 Å². The lowest BCUT2D eigenvalue weighted by Crippen LogP contribution is -2.30. The minimum atomic E-state index is 0.387. The fraction of sp³-hybridized carbons (Fsp3) is 0.625. The normalized spacial score (nSPS) is 27.5. The third-order valence-corrected chi connectivity index (χ3v) is 4.51. The maximum Gasteiger partial charge on any atom is 0.0725 e. The van der Waals surface area contributed by atoms with Crippen LogP contribution in [0.4, 0.5) is 0 Å². The monoisotopic (exact) mass is 261 g/mol. The van der Waals surface area contributed by atoms with Crippen LogP contribution in [0.15, 0.2) is 18.2 Å². The summed E-state index contributed by atoms with van der Waals surface area (Å²) in [7, 11) is 2.05. The van der Waals surface area contributed by atoms with Gasteiger partial charge in [0.15, 0.2) is 0 Å². The van der Waals surface area contributed by atoms with E-state index in [4.69, 9.17) is 9.47 Å². The molecule has 19 heavy (non-hydrogen) atoms. The van der Waals surface area contributed by atoms with Gasteiger partial charge < -0.3 is 14.8 Å². The summed E-state index contributed by atoms with van der Waals surface area (Å²) in [5.41, 5.74) is 4.07. The Morgan fingerprint density at radius 3 is 2.95 bits per heavy atom. The van der Waals surface area contributed by atoms with Gasteiger partial charge in [-0.2, -0.15) is 0 Å². The van der Waals surface area contributed by atoms with E-state index in [0.29, 0.717) is 18.1 Å². The molecular weight excluding hydrogens is 238 g/mol. The topological polar surface area (TPSA) is 30.5 Å². The Balaban J connectivity index is 1.85. The van der Waals surface area contributed by atoms with Crippen molar-refractivity contribution in [3.05, 3.63) is 34.9 Å². The largest absolute Gasteiger partial charge is 0.378 e. The van der Waals surface area contributed by atoms with Crippen molar-refractivity contribution in [1.29, 1.82) is 0 Å². The smallest absolute Gasteiger partial charge is 0.0725 e. The number of benzene rings is 1. The van der Waals surface area contributed by atoms with Gasteiger partial charge >= 0.3 is 0 Å². The second kappa shape index (κ2) is 5.61. The van der Waals surface area contributed by atoms with Crippen molar-refractivity contribution in [3.8, 4) is 0 Å². The molecule has 3 unspecified atom stereocenters. The van der Waals surface area contributed by atoms with Crippen LogP contribution in [0.2, 0.25) is 0 Å². The van der Waals surface area contributed by atoms with Crippen LogP contribution in [0.3, 0.4) is 0 Å². The van der Waals surface area contributed by atoms with Crippen molar-refractivity contribution in [2.75, 3.05) is 13.7 Å². The fourth-order valence-corrected chi connectivity index (χ4v) is 3.48. The lowest BCUT2D eigenvalue weighted by molar-refractivity contribution is 0.0782. The first kappa shape index (κ1) is 13.1. The zero-order chi connectivity index (χ0) is 13.2. The molecule has 1 saturated heterocycles. The number of fused-ring (bicyclic) bond motifs is 1. The molecule has 0 radical (unpaired) electrons. The minimum Gasteiger partial charge on any atom is -0.378 e. The van der Waals surface area contributed by atoms with Crippen molar-refractivity contribution in [3.63, 3.8) is 0 Å². The lowest BCUT2D eigenvalue weighted by Gasteiger charge is -2.27. The molecule has 2 aliphatic heterocycles. The van der Waals surface area contributed by atoms with Crippen LogP contribution in [-0.2, 0) is 22.7 Å². The molecule has 0 spiro atoms. The van der Waals surface area contributed by atoms with Crippen molar-refractivity contribution in [2.24, 2.45) is 5.92 Å². The molecule has 0 amide bonds. The molecule has 3 rings (SSSR count). The minimum absolute atomic E-state index is 0.387. The van der Waals surface area contributed by atoms with Gasteiger partial charge in [0.05, 0.1) is 19.3 Å². The van der Waals surface area contributed by atoms with Gasteiger partial charge in [0.2, 0.25) is 0 Å². The van der Waals surface area contributed by atoms with E-state index in [1.807, 2.05) is 0 Å².